The van der Waals surface area contributed by atoms with E-state index in [4.69, 9.17) is 0 Å². The number of benzene rings is 2. The predicted molar refractivity (Wildman–Crippen MR) is 95.8 cm³/mol. The third kappa shape index (κ3) is 2.73. The van der Waals surface area contributed by atoms with Crippen LogP contribution in [0.1, 0.15) is 18.1 Å². The fourth-order valence-electron chi connectivity index (χ4n) is 2.62. The van der Waals surface area contributed by atoms with Crippen LogP contribution in [0.25, 0.3) is 11.1 Å². The van der Waals surface area contributed by atoms with E-state index in [-0.39, 0.29) is 0 Å². The number of halogens is 1. The van der Waals surface area contributed by atoms with E-state index in [0.29, 0.717) is 9.84 Å². The quantitative estimate of drug-likeness (QED) is 0.475. The van der Waals surface area contributed by atoms with Crippen molar-refractivity contribution in [2.75, 3.05) is 0 Å². The monoisotopic (exact) mass is 372 g/mol. The first kappa shape index (κ1) is 13.6. The molecule has 3 rings (SSSR count). The Morgan fingerprint density at radius 1 is 0.800 bits per heavy atom. The minimum absolute atomic E-state index is 0.531. The summed E-state index contributed by atoms with van der Waals surface area (Å²) in [4.78, 5) is 0. The van der Waals surface area contributed by atoms with Gasteiger partial charge in [0.15, 0.2) is 0 Å². The second kappa shape index (κ2) is 5.96. The molecule has 0 amide bonds. The smallest absolute Gasteiger partial charge is 0.0364 e. The Kier molecular flexibility index (Phi) is 4.06. The molecule has 0 bridgehead atoms. The van der Waals surface area contributed by atoms with E-state index < -0.39 is 0 Å². The van der Waals surface area contributed by atoms with Gasteiger partial charge in [-0.05, 0) is 28.2 Å². The Morgan fingerprint density at radius 2 is 1.35 bits per heavy atom. The summed E-state index contributed by atoms with van der Waals surface area (Å²) in [5.41, 5.74) is 5.41. The summed E-state index contributed by atoms with van der Waals surface area (Å²) in [6, 6.07) is 21.4. The van der Waals surface area contributed by atoms with Crippen molar-refractivity contribution in [2.24, 2.45) is 5.92 Å². The lowest BCUT2D eigenvalue weighted by Gasteiger charge is -2.25. The molecule has 100 valence electrons. The Hall–Kier alpha value is -1.35. The van der Waals surface area contributed by atoms with Gasteiger partial charge in [-0.15, -0.1) is 0 Å². The molecule has 0 aromatic heterocycles. The number of alkyl halides is 1. The molecule has 0 N–H and O–H groups in total. The second-order valence-electron chi connectivity index (χ2n) is 5.19. The van der Waals surface area contributed by atoms with E-state index in [0.717, 1.165) is 0 Å². The highest BCUT2D eigenvalue weighted by atomic mass is 127. The first-order valence-corrected chi connectivity index (χ1v) is 8.18. The van der Waals surface area contributed by atoms with E-state index in [1.54, 1.807) is 0 Å². The zero-order valence-corrected chi connectivity index (χ0v) is 13.6. The molecule has 0 fully saturated rings. The van der Waals surface area contributed by atoms with Gasteiger partial charge in [0.05, 0.1) is 0 Å². The predicted octanol–water partition coefficient (Wildman–Crippen LogP) is 5.61. The summed E-state index contributed by atoms with van der Waals surface area (Å²) < 4.78 is 0.531. The van der Waals surface area contributed by atoms with Crippen LogP contribution in [0.4, 0.5) is 0 Å². The van der Waals surface area contributed by atoms with Crippen molar-refractivity contribution in [1.82, 2.24) is 0 Å². The molecule has 0 aliphatic heterocycles. The third-order valence-electron chi connectivity index (χ3n) is 3.83. The highest BCUT2D eigenvalue weighted by Crippen LogP contribution is 2.38. The number of allylic oxidation sites excluding steroid dienone is 4. The van der Waals surface area contributed by atoms with Gasteiger partial charge in [0.1, 0.15) is 0 Å². The van der Waals surface area contributed by atoms with Gasteiger partial charge in [-0.25, -0.2) is 0 Å². The van der Waals surface area contributed by atoms with Gasteiger partial charge in [0.25, 0.3) is 0 Å². The highest BCUT2D eigenvalue weighted by molar-refractivity contribution is 14.1. The maximum Gasteiger partial charge on any atom is 0.0364 e. The number of rotatable bonds is 2. The van der Waals surface area contributed by atoms with Crippen LogP contribution in [-0.4, -0.2) is 3.92 Å². The standard InChI is InChI=1S/C19H17I/c1-14-18(16-10-6-3-7-11-16)12-17(13-19(14)20)15-8-4-2-5-9-15/h2-14,19H,1H3. The van der Waals surface area contributed by atoms with Gasteiger partial charge in [0, 0.05) is 3.92 Å². The van der Waals surface area contributed by atoms with Gasteiger partial charge in [-0.2, -0.15) is 0 Å². The van der Waals surface area contributed by atoms with Crippen LogP contribution in [-0.2, 0) is 0 Å². The molecule has 0 saturated carbocycles. The molecular formula is C19H17I. The van der Waals surface area contributed by atoms with Crippen molar-refractivity contribution in [3.8, 4) is 0 Å². The van der Waals surface area contributed by atoms with Crippen LogP contribution < -0.4 is 0 Å². The van der Waals surface area contributed by atoms with Crippen molar-refractivity contribution in [1.29, 1.82) is 0 Å². The molecule has 1 aliphatic rings. The summed E-state index contributed by atoms with van der Waals surface area (Å²) in [5.74, 6) is 0.547. The van der Waals surface area contributed by atoms with Crippen molar-refractivity contribution in [3.05, 3.63) is 83.9 Å². The maximum absolute atomic E-state index is 2.55. The Labute approximate surface area is 134 Å². The van der Waals surface area contributed by atoms with E-state index >= 15 is 0 Å². The van der Waals surface area contributed by atoms with Crippen molar-refractivity contribution < 1.29 is 0 Å². The SMILES string of the molecule is CC1C(c2ccccc2)=CC(c2ccccc2)=CC1I. The van der Waals surface area contributed by atoms with Crippen LogP contribution >= 0.6 is 22.6 Å². The Balaban J connectivity index is 2.05. The van der Waals surface area contributed by atoms with Gasteiger partial charge in [-0.3, -0.25) is 0 Å². The van der Waals surface area contributed by atoms with E-state index in [1.807, 2.05) is 0 Å². The van der Waals surface area contributed by atoms with E-state index in [2.05, 4.69) is 102 Å². The molecule has 0 heterocycles. The van der Waals surface area contributed by atoms with E-state index in [1.165, 1.54) is 22.3 Å². The molecular weight excluding hydrogens is 355 g/mol. The lowest BCUT2D eigenvalue weighted by molar-refractivity contribution is 0.797. The highest BCUT2D eigenvalue weighted by Gasteiger charge is 2.22. The summed E-state index contributed by atoms with van der Waals surface area (Å²) >= 11 is 2.55. The average molecular weight is 372 g/mol. The minimum atomic E-state index is 0.531. The normalized spacial score (nSPS) is 22.1. The Bertz CT molecular complexity index is 638. The third-order valence-corrected chi connectivity index (χ3v) is 5.27. The van der Waals surface area contributed by atoms with Crippen molar-refractivity contribution in [3.63, 3.8) is 0 Å². The molecule has 0 spiro atoms. The van der Waals surface area contributed by atoms with Gasteiger partial charge < -0.3 is 0 Å². The topological polar surface area (TPSA) is 0 Å². The summed E-state index contributed by atoms with van der Waals surface area (Å²) in [6.07, 6.45) is 4.73. The summed E-state index contributed by atoms with van der Waals surface area (Å²) in [7, 11) is 0. The second-order valence-corrected chi connectivity index (χ2v) is 6.63. The lowest BCUT2D eigenvalue weighted by Crippen LogP contribution is -2.14. The van der Waals surface area contributed by atoms with Gasteiger partial charge in [-0.1, -0.05) is 102 Å². The molecule has 2 unspecified atom stereocenters. The molecule has 2 aromatic rings. The first-order valence-electron chi connectivity index (χ1n) is 6.94. The molecule has 0 radical (unpaired) electrons. The first-order chi connectivity index (χ1) is 9.75. The van der Waals surface area contributed by atoms with Gasteiger partial charge >= 0.3 is 0 Å². The lowest BCUT2D eigenvalue weighted by atomic mass is 9.84. The fraction of sp³-hybridized carbons (Fsp3) is 0.158. The molecule has 1 heteroatoms. The fourth-order valence-corrected chi connectivity index (χ4v) is 3.40. The minimum Gasteiger partial charge on any atom is -0.0774 e. The summed E-state index contributed by atoms with van der Waals surface area (Å²) in [6.45, 7) is 2.31. The van der Waals surface area contributed by atoms with Crippen LogP contribution in [0.15, 0.2) is 72.8 Å². The molecule has 1 aliphatic carbocycles. The molecule has 20 heavy (non-hydrogen) atoms. The largest absolute Gasteiger partial charge is 0.0774 e. The molecule has 2 atom stereocenters. The zero-order chi connectivity index (χ0) is 13.9. The van der Waals surface area contributed by atoms with Crippen LogP contribution in [0.2, 0.25) is 0 Å². The van der Waals surface area contributed by atoms with Crippen LogP contribution in [0, 0.1) is 5.92 Å². The van der Waals surface area contributed by atoms with E-state index in [9.17, 15) is 0 Å². The van der Waals surface area contributed by atoms with Crippen LogP contribution in [0.3, 0.4) is 0 Å². The number of hydrogen-bond acceptors (Lipinski definition) is 0. The molecule has 2 aromatic carbocycles. The molecule has 0 nitrogen and oxygen atoms in total. The zero-order valence-electron chi connectivity index (χ0n) is 11.5. The number of hydrogen-bond donors (Lipinski definition) is 0. The van der Waals surface area contributed by atoms with Crippen molar-refractivity contribution in [2.45, 2.75) is 10.8 Å². The van der Waals surface area contributed by atoms with Crippen molar-refractivity contribution >= 4 is 33.7 Å². The molecule has 0 saturated heterocycles. The Morgan fingerprint density at radius 3 is 1.95 bits per heavy atom. The summed E-state index contributed by atoms with van der Waals surface area (Å²) in [5, 5.41) is 0. The maximum atomic E-state index is 2.55. The van der Waals surface area contributed by atoms with Gasteiger partial charge in [0.2, 0.25) is 0 Å². The van der Waals surface area contributed by atoms with Crippen LogP contribution in [0.5, 0.6) is 0 Å². The average Bonchev–Trinajstić information content (AvgIpc) is 2.51.